The zero-order valence-electron chi connectivity index (χ0n) is 43.4. The van der Waals surface area contributed by atoms with Gasteiger partial charge in [0, 0.05) is 86.5 Å². The predicted molar refractivity (Wildman–Crippen MR) is 296 cm³/mol. The lowest BCUT2D eigenvalue weighted by molar-refractivity contribution is -0.528. The quantitative estimate of drug-likeness (QED) is 0.0120. The molecule has 2 aliphatic rings. The summed E-state index contributed by atoms with van der Waals surface area (Å²) < 4.78 is 2.40. The summed E-state index contributed by atoms with van der Waals surface area (Å²) in [4.78, 5) is 6.17. The van der Waals surface area contributed by atoms with Crippen LogP contribution in [-0.2, 0) is 0 Å². The molecule has 5 N–H and O–H groups in total. The molecule has 0 saturated carbocycles. The number of phenols is 4. The van der Waals surface area contributed by atoms with Crippen LogP contribution in [0.3, 0.4) is 0 Å². The van der Waals surface area contributed by atoms with E-state index in [2.05, 4.69) is 48.1 Å². The lowest BCUT2D eigenvalue weighted by Crippen LogP contribution is -2.30. The van der Waals surface area contributed by atoms with Gasteiger partial charge in [-0.25, -0.2) is 14.7 Å². The van der Waals surface area contributed by atoms with Crippen molar-refractivity contribution >= 4 is 44.1 Å². The van der Waals surface area contributed by atoms with E-state index in [1.807, 2.05) is 48.5 Å². The fraction of sp³-hybridized carbons (Fsp3) is 0.444. The highest BCUT2D eigenvalue weighted by Gasteiger charge is 2.44. The lowest BCUT2D eigenvalue weighted by atomic mass is 9.68. The van der Waals surface area contributed by atoms with Gasteiger partial charge in [0.25, 0.3) is 5.70 Å². The summed E-state index contributed by atoms with van der Waals surface area (Å²) in [5, 5.41) is 74.7. The van der Waals surface area contributed by atoms with Crippen molar-refractivity contribution in [2.75, 3.05) is 31.1 Å². The van der Waals surface area contributed by atoms with Crippen LogP contribution in [0.1, 0.15) is 184 Å². The van der Waals surface area contributed by atoms with Crippen LogP contribution < -0.4 is 4.90 Å². The molecule has 9 nitrogen and oxygen atoms in total. The maximum Gasteiger partial charge on any atom is 0.270 e. The summed E-state index contributed by atoms with van der Waals surface area (Å²) in [7, 11) is 0. The molecule has 5 aromatic carbocycles. The molecular formula is C63H77N4O5+. The number of aromatic hydroxyl groups is 4. The van der Waals surface area contributed by atoms with E-state index in [9.17, 15) is 30.8 Å². The normalized spacial score (nSPS) is 13.8. The Morgan fingerprint density at radius 2 is 0.931 bits per heavy atom. The average molecular weight is 970 g/mol. The third kappa shape index (κ3) is 11.0. The van der Waals surface area contributed by atoms with Crippen LogP contribution in [0.2, 0.25) is 0 Å². The van der Waals surface area contributed by atoms with Crippen molar-refractivity contribution in [1.82, 2.24) is 0 Å². The molecule has 0 saturated heterocycles. The standard InChI is InChI=1S/C63H76N4O5/c1-6-10-14-18-22-38-66(39-23-19-15-11-7-2)61-43-30-26-34-48(68)52(43)57(53-44(61)31-27-35-49(53)69)59-56(47(42-64)65-5)60(63(59)72)58-54-45(32-28-36-50(54)70)62(46-33-29-37-51(71)55(46)58)67(40-24-20-16-12-8-3)41-25-21-17-13-9-4/h26-37H,6-25,38-41H2,1-4H3,(H4-,68,69,70,71,72)/p+1. The third-order valence-electron chi connectivity index (χ3n) is 14.9. The number of allylic oxidation sites excluding steroid dienone is 3. The van der Waals surface area contributed by atoms with E-state index in [4.69, 9.17) is 6.57 Å². The van der Waals surface area contributed by atoms with Gasteiger partial charge in [-0.15, -0.1) is 0 Å². The number of hydrogen-bond donors (Lipinski definition) is 5. The van der Waals surface area contributed by atoms with Gasteiger partial charge >= 0.3 is 0 Å². The van der Waals surface area contributed by atoms with E-state index < -0.39 is 0 Å². The highest BCUT2D eigenvalue weighted by atomic mass is 16.3. The van der Waals surface area contributed by atoms with Crippen molar-refractivity contribution in [2.45, 2.75) is 156 Å². The molecule has 378 valence electrons. The summed E-state index contributed by atoms with van der Waals surface area (Å²) in [6.07, 6.45) is 22.1. The van der Waals surface area contributed by atoms with Gasteiger partial charge in [0.15, 0.2) is 0 Å². The molecule has 0 atom stereocenters. The van der Waals surface area contributed by atoms with Gasteiger partial charge in [0.1, 0.15) is 41.8 Å². The Hall–Kier alpha value is -6.71. The van der Waals surface area contributed by atoms with Gasteiger partial charge < -0.3 is 30.4 Å². The molecule has 9 heteroatoms. The first-order valence-corrected chi connectivity index (χ1v) is 27.3. The minimum atomic E-state index is -0.313. The Bertz CT molecular complexity index is 2800. The second kappa shape index (κ2) is 25.6. The number of nitriles is 1. The smallest absolute Gasteiger partial charge is 0.270 e. The molecule has 0 aliphatic heterocycles. The summed E-state index contributed by atoms with van der Waals surface area (Å²) in [6.45, 7) is 20.4. The fourth-order valence-electron chi connectivity index (χ4n) is 11.3. The van der Waals surface area contributed by atoms with Crippen molar-refractivity contribution in [1.29, 1.82) is 5.26 Å². The number of aliphatic hydroxyl groups excluding tert-OH is 1. The summed E-state index contributed by atoms with van der Waals surface area (Å²) >= 11 is 0. The highest BCUT2D eigenvalue weighted by Crippen LogP contribution is 2.59. The summed E-state index contributed by atoms with van der Waals surface area (Å²) in [5.41, 5.74) is 4.63. The molecule has 0 aromatic heterocycles. The van der Waals surface area contributed by atoms with E-state index >= 15 is 0 Å². The number of fused-ring (bicyclic) bond motifs is 4. The van der Waals surface area contributed by atoms with Crippen LogP contribution >= 0.6 is 0 Å². The maximum atomic E-state index is 13.0. The van der Waals surface area contributed by atoms with Crippen molar-refractivity contribution in [2.24, 2.45) is 0 Å². The van der Waals surface area contributed by atoms with Gasteiger partial charge in [0.2, 0.25) is 5.71 Å². The van der Waals surface area contributed by atoms with Crippen molar-refractivity contribution in [3.63, 3.8) is 0 Å². The number of rotatable bonds is 26. The second-order valence-electron chi connectivity index (χ2n) is 19.9. The molecule has 7 rings (SSSR count). The third-order valence-corrected chi connectivity index (χ3v) is 14.9. The van der Waals surface area contributed by atoms with Gasteiger partial charge in [-0.05, 0) is 62.1 Å². The van der Waals surface area contributed by atoms with Crippen LogP contribution in [0.25, 0.3) is 37.5 Å². The highest BCUT2D eigenvalue weighted by molar-refractivity contribution is 6.27. The molecule has 0 radical (unpaired) electrons. The molecule has 0 bridgehead atoms. The molecule has 0 heterocycles. The second-order valence-corrected chi connectivity index (χ2v) is 19.9. The first-order chi connectivity index (χ1) is 35.2. The maximum absolute atomic E-state index is 13.0. The Labute approximate surface area is 428 Å². The molecule has 0 amide bonds. The number of aliphatic hydroxyl groups is 1. The molecule has 72 heavy (non-hydrogen) atoms. The van der Waals surface area contributed by atoms with Gasteiger partial charge in [-0.2, -0.15) is 0 Å². The van der Waals surface area contributed by atoms with Crippen LogP contribution in [0.4, 0.5) is 5.69 Å². The minimum absolute atomic E-state index is 0.0748. The van der Waals surface area contributed by atoms with E-state index in [0.29, 0.717) is 33.0 Å². The van der Waals surface area contributed by atoms with Crippen LogP contribution in [-0.4, -0.2) is 62.0 Å². The lowest BCUT2D eigenvalue weighted by Gasteiger charge is -2.35. The van der Waals surface area contributed by atoms with E-state index in [-0.39, 0.29) is 51.2 Å². The topological polar surface area (TPSA) is 136 Å². The Morgan fingerprint density at radius 1 is 0.514 bits per heavy atom. The molecule has 5 aromatic rings. The Balaban J connectivity index is 1.53. The van der Waals surface area contributed by atoms with Gasteiger partial charge in [-0.1, -0.05) is 154 Å². The van der Waals surface area contributed by atoms with Crippen molar-refractivity contribution < 1.29 is 30.1 Å². The largest absolute Gasteiger partial charge is 0.507 e. The number of benzene rings is 5. The number of phenolic OH excluding ortho intramolecular Hbond substituents is 4. The number of unbranched alkanes of at least 4 members (excludes halogenated alkanes) is 16. The molecule has 0 unspecified atom stereocenters. The Kier molecular flexibility index (Phi) is 18.9. The van der Waals surface area contributed by atoms with Crippen molar-refractivity contribution in [3.05, 3.63) is 135 Å². The molecule has 0 spiro atoms. The number of anilines is 1. The van der Waals surface area contributed by atoms with Gasteiger partial charge in [-0.3, -0.25) is 0 Å². The van der Waals surface area contributed by atoms with Gasteiger partial charge in [0.05, 0.1) is 29.5 Å². The zero-order valence-corrected chi connectivity index (χ0v) is 43.4. The Morgan fingerprint density at radius 3 is 1.36 bits per heavy atom. The first kappa shape index (κ1) is 53.1. The van der Waals surface area contributed by atoms with Crippen LogP contribution in [0, 0.1) is 17.9 Å². The SMILES string of the molecule is [C-]#[N+]C(C#N)=C1C(=C2c3c(O)cccc3C(=[N+](CCCCCCC)CCCCCCC)c3cccc(O)c32)C(O)=C1c1c2c(O)cccc2c(N(CCCCCCC)CCCCCCC)c2cccc(O)c12. The average Bonchev–Trinajstić information content (AvgIpc) is 3.37. The fourth-order valence-corrected chi connectivity index (χ4v) is 11.3. The monoisotopic (exact) mass is 970 g/mol. The van der Waals surface area contributed by atoms with E-state index in [0.717, 1.165) is 162 Å². The van der Waals surface area contributed by atoms with Crippen molar-refractivity contribution in [3.8, 4) is 29.1 Å². The number of hydrogen-bond acceptors (Lipinski definition) is 7. The van der Waals surface area contributed by atoms with E-state index in [1.54, 1.807) is 24.3 Å². The van der Waals surface area contributed by atoms with Crippen LogP contribution in [0.5, 0.6) is 23.0 Å². The molecule has 0 fully saturated rings. The van der Waals surface area contributed by atoms with Crippen LogP contribution in [0.15, 0.2) is 95.4 Å². The zero-order chi connectivity index (χ0) is 51.1. The molecule has 2 aliphatic carbocycles. The summed E-state index contributed by atoms with van der Waals surface area (Å²) in [5.74, 6) is -0.579. The first-order valence-electron chi connectivity index (χ1n) is 27.3. The predicted octanol–water partition coefficient (Wildman–Crippen LogP) is 16.1. The summed E-state index contributed by atoms with van der Waals surface area (Å²) in [6, 6.07) is 23.7. The minimum Gasteiger partial charge on any atom is -0.507 e. The molecular weight excluding hydrogens is 893 g/mol. The van der Waals surface area contributed by atoms with E-state index in [1.165, 1.54) is 25.7 Å². The number of nitrogens with zero attached hydrogens (tertiary/aromatic N) is 4.